The Kier molecular flexibility index (Phi) is 7.98. The zero-order valence-electron chi connectivity index (χ0n) is 16.1. The van der Waals surface area contributed by atoms with Gasteiger partial charge >= 0.3 is 0 Å². The number of unbranched alkanes of at least 4 members (excludes halogenated alkanes) is 2. The van der Waals surface area contributed by atoms with Gasteiger partial charge in [-0.2, -0.15) is 0 Å². The van der Waals surface area contributed by atoms with E-state index >= 15 is 0 Å². The first kappa shape index (κ1) is 22.6. The van der Waals surface area contributed by atoms with Crippen molar-refractivity contribution in [3.63, 3.8) is 0 Å². The summed E-state index contributed by atoms with van der Waals surface area (Å²) in [6, 6.07) is 7.93. The molecule has 8 nitrogen and oxygen atoms in total. The van der Waals surface area contributed by atoms with Crippen LogP contribution in [0.4, 0.5) is 0 Å². The highest BCUT2D eigenvalue weighted by Gasteiger charge is 2.21. The van der Waals surface area contributed by atoms with Gasteiger partial charge in [-0.05, 0) is 54.3 Å². The van der Waals surface area contributed by atoms with E-state index in [0.717, 1.165) is 24.6 Å². The lowest BCUT2D eigenvalue weighted by atomic mass is 10.1. The second-order valence-electron chi connectivity index (χ2n) is 6.63. The van der Waals surface area contributed by atoms with E-state index in [-0.39, 0.29) is 4.90 Å². The largest absolute Gasteiger partial charge is 0.550 e. The molecule has 9 heteroatoms. The fraction of sp³-hybridized carbons (Fsp3) is 0.400. The van der Waals surface area contributed by atoms with Crippen molar-refractivity contribution in [3.05, 3.63) is 36.4 Å². The van der Waals surface area contributed by atoms with Crippen molar-refractivity contribution in [2.45, 2.75) is 50.0 Å². The van der Waals surface area contributed by atoms with Gasteiger partial charge in [0, 0.05) is 5.97 Å². The van der Waals surface area contributed by atoms with Crippen molar-refractivity contribution in [2.75, 3.05) is 6.61 Å². The molecule has 0 saturated carbocycles. The Morgan fingerprint density at radius 1 is 1.07 bits per heavy atom. The van der Waals surface area contributed by atoms with Gasteiger partial charge in [0.05, 0.1) is 23.5 Å². The minimum Gasteiger partial charge on any atom is -0.550 e. The molecule has 2 aromatic rings. The third kappa shape index (κ3) is 6.72. The highest BCUT2D eigenvalue weighted by Crippen LogP contribution is 2.24. The van der Waals surface area contributed by atoms with Gasteiger partial charge in [0.1, 0.15) is 5.75 Å². The van der Waals surface area contributed by atoms with Crippen LogP contribution in [-0.4, -0.2) is 33.0 Å². The Labute approximate surface area is 169 Å². The smallest absolute Gasteiger partial charge is 0.241 e. The average Bonchev–Trinajstić information content (AvgIpc) is 2.67. The number of ether oxygens (including phenoxy) is 1. The summed E-state index contributed by atoms with van der Waals surface area (Å²) in [5.41, 5.74) is 0. The number of carbonyl (C=O) groups is 2. The fourth-order valence-corrected chi connectivity index (χ4v) is 4.00. The van der Waals surface area contributed by atoms with Crippen LogP contribution in [0.3, 0.4) is 0 Å². The maximum atomic E-state index is 12.5. The van der Waals surface area contributed by atoms with Gasteiger partial charge in [0.25, 0.3) is 0 Å². The lowest BCUT2D eigenvalue weighted by molar-refractivity contribution is -0.309. The molecule has 0 aromatic heterocycles. The molecule has 0 aliphatic carbocycles. The van der Waals surface area contributed by atoms with E-state index in [1.807, 2.05) is 4.72 Å². The quantitative estimate of drug-likeness (QED) is 0.488. The number of aliphatic carboxylic acids is 2. The van der Waals surface area contributed by atoms with Crippen molar-refractivity contribution < 1.29 is 33.0 Å². The number of nitrogens with one attached hydrogen (secondary N) is 1. The number of carbonyl (C=O) groups excluding carboxylic acids is 2. The van der Waals surface area contributed by atoms with E-state index in [9.17, 15) is 28.2 Å². The average molecular weight is 421 g/mol. The van der Waals surface area contributed by atoms with Gasteiger partial charge in [-0.1, -0.05) is 31.9 Å². The highest BCUT2D eigenvalue weighted by atomic mass is 32.2. The van der Waals surface area contributed by atoms with Crippen LogP contribution in [0.25, 0.3) is 10.8 Å². The summed E-state index contributed by atoms with van der Waals surface area (Å²) in [6.07, 6.45) is 2.04. The van der Waals surface area contributed by atoms with Crippen LogP contribution in [0.15, 0.2) is 41.3 Å². The molecule has 0 aliphatic rings. The standard InChI is InChI=1S/C20H25NO7S/c1-2-3-4-11-28-16-7-5-15-13-17(8-6-14(15)12-16)29(26,27)21-18(20(24)25)9-10-19(22)23/h5-8,12-13,18,21H,2-4,9-11H2,1H3,(H,22,23)(H,24,25)/p-2/t18-/m1/s1. The van der Waals surface area contributed by atoms with Gasteiger partial charge in [-0.25, -0.2) is 13.1 Å². The molecule has 158 valence electrons. The highest BCUT2D eigenvalue weighted by molar-refractivity contribution is 7.89. The Hall–Kier alpha value is -2.65. The number of hydrogen-bond acceptors (Lipinski definition) is 7. The molecule has 1 atom stereocenters. The van der Waals surface area contributed by atoms with Crippen molar-refractivity contribution in [1.29, 1.82) is 0 Å². The molecule has 29 heavy (non-hydrogen) atoms. The normalized spacial score (nSPS) is 12.6. The van der Waals surface area contributed by atoms with Gasteiger partial charge in [0.15, 0.2) is 0 Å². The van der Waals surface area contributed by atoms with Crippen LogP contribution in [-0.2, 0) is 19.6 Å². The van der Waals surface area contributed by atoms with Gasteiger partial charge in [-0.3, -0.25) is 0 Å². The summed E-state index contributed by atoms with van der Waals surface area (Å²) in [4.78, 5) is 21.5. The summed E-state index contributed by atoms with van der Waals surface area (Å²) in [7, 11) is -4.19. The number of rotatable bonds is 12. The van der Waals surface area contributed by atoms with E-state index in [4.69, 9.17) is 4.74 Å². The van der Waals surface area contributed by atoms with Crippen LogP contribution in [0.2, 0.25) is 0 Å². The van der Waals surface area contributed by atoms with Gasteiger partial charge in [0.2, 0.25) is 10.0 Å². The fourth-order valence-electron chi connectivity index (χ4n) is 2.74. The maximum Gasteiger partial charge on any atom is 0.241 e. The molecule has 0 heterocycles. The zero-order chi connectivity index (χ0) is 21.4. The monoisotopic (exact) mass is 421 g/mol. The topological polar surface area (TPSA) is 136 Å². The van der Waals surface area contributed by atoms with Crippen molar-refractivity contribution in [2.24, 2.45) is 0 Å². The summed E-state index contributed by atoms with van der Waals surface area (Å²) in [5.74, 6) is -2.50. The molecule has 1 N–H and O–H groups in total. The summed E-state index contributed by atoms with van der Waals surface area (Å²) in [5, 5.41) is 23.1. The predicted octanol–water partition coefficient (Wildman–Crippen LogP) is 0.336. The number of carboxylic acid groups (broad SMARTS) is 2. The second-order valence-corrected chi connectivity index (χ2v) is 8.34. The van der Waals surface area contributed by atoms with E-state index < -0.39 is 40.8 Å². The minimum absolute atomic E-state index is 0.138. The number of fused-ring (bicyclic) bond motifs is 1. The summed E-state index contributed by atoms with van der Waals surface area (Å²) >= 11 is 0. The third-order valence-corrected chi connectivity index (χ3v) is 5.80. The van der Waals surface area contributed by atoms with Crippen LogP contribution >= 0.6 is 0 Å². The lowest BCUT2D eigenvalue weighted by Gasteiger charge is -2.20. The number of carboxylic acids is 2. The molecule has 0 fully saturated rings. The van der Waals surface area contributed by atoms with Gasteiger partial charge in [-0.15, -0.1) is 0 Å². The van der Waals surface area contributed by atoms with E-state index in [1.165, 1.54) is 12.1 Å². The third-order valence-electron chi connectivity index (χ3n) is 4.33. The molecule has 0 aliphatic heterocycles. The van der Waals surface area contributed by atoms with E-state index in [2.05, 4.69) is 6.92 Å². The van der Waals surface area contributed by atoms with Crippen LogP contribution < -0.4 is 19.7 Å². The van der Waals surface area contributed by atoms with Crippen LogP contribution in [0.5, 0.6) is 5.75 Å². The lowest BCUT2D eigenvalue weighted by Crippen LogP contribution is -2.48. The van der Waals surface area contributed by atoms with E-state index in [1.54, 1.807) is 24.3 Å². The Morgan fingerprint density at radius 3 is 2.41 bits per heavy atom. The Balaban J connectivity index is 2.16. The maximum absolute atomic E-state index is 12.5. The van der Waals surface area contributed by atoms with Crippen LogP contribution in [0, 0.1) is 0 Å². The van der Waals surface area contributed by atoms with Gasteiger partial charge < -0.3 is 24.5 Å². The van der Waals surface area contributed by atoms with Crippen molar-refractivity contribution >= 4 is 32.7 Å². The zero-order valence-corrected chi connectivity index (χ0v) is 16.9. The molecule has 0 amide bonds. The molecular formula is C20H23NO7S-2. The number of benzene rings is 2. The van der Waals surface area contributed by atoms with Crippen LogP contribution in [0.1, 0.15) is 39.0 Å². The van der Waals surface area contributed by atoms with Crippen molar-refractivity contribution in [3.8, 4) is 5.75 Å². The summed E-state index contributed by atoms with van der Waals surface area (Å²) in [6.45, 7) is 2.71. The molecule has 2 aromatic carbocycles. The molecule has 0 unspecified atom stereocenters. The molecule has 0 radical (unpaired) electrons. The molecule has 2 rings (SSSR count). The molecule has 0 saturated heterocycles. The predicted molar refractivity (Wildman–Crippen MR) is 102 cm³/mol. The first-order valence-electron chi connectivity index (χ1n) is 9.32. The first-order chi connectivity index (χ1) is 13.7. The Morgan fingerprint density at radius 2 is 1.76 bits per heavy atom. The van der Waals surface area contributed by atoms with E-state index in [0.29, 0.717) is 17.7 Å². The second kappa shape index (κ2) is 10.2. The number of hydrogen-bond donors (Lipinski definition) is 1. The SMILES string of the molecule is CCCCCOc1ccc2cc(S(=O)(=O)N[C@H](CCC(=O)[O-])C(=O)[O-])ccc2c1. The number of sulfonamides is 1. The first-order valence-corrected chi connectivity index (χ1v) is 10.8. The molecule has 0 spiro atoms. The summed E-state index contributed by atoms with van der Waals surface area (Å²) < 4.78 is 32.7. The molecular weight excluding hydrogens is 398 g/mol. The minimum atomic E-state index is -4.19. The Bertz CT molecular complexity index is 972. The molecule has 0 bridgehead atoms. The van der Waals surface area contributed by atoms with Crippen molar-refractivity contribution in [1.82, 2.24) is 4.72 Å².